The number of carbonyl (C=O) groups excluding carboxylic acids is 1. The fourth-order valence-electron chi connectivity index (χ4n) is 3.07. The molecule has 0 atom stereocenters. The molecule has 0 saturated carbocycles. The van der Waals surface area contributed by atoms with Gasteiger partial charge in [0.15, 0.2) is 0 Å². The van der Waals surface area contributed by atoms with Crippen LogP contribution in [0.2, 0.25) is 0 Å². The van der Waals surface area contributed by atoms with Crippen LogP contribution in [0.5, 0.6) is 0 Å². The Kier molecular flexibility index (Phi) is 4.37. The van der Waals surface area contributed by atoms with E-state index in [0.717, 1.165) is 30.6 Å². The molecular weight excluding hydrogens is 322 g/mol. The van der Waals surface area contributed by atoms with Gasteiger partial charge in [0.05, 0.1) is 26.4 Å². The lowest BCUT2D eigenvalue weighted by Gasteiger charge is -2.26. The van der Waals surface area contributed by atoms with Gasteiger partial charge >= 0.3 is 0 Å². The lowest BCUT2D eigenvalue weighted by Crippen LogP contribution is -2.37. The first kappa shape index (κ1) is 16.0. The molecule has 0 radical (unpaired) electrons. The molecule has 0 aromatic carbocycles. The van der Waals surface area contributed by atoms with E-state index >= 15 is 0 Å². The summed E-state index contributed by atoms with van der Waals surface area (Å²) in [5, 5.41) is 1.43. The van der Waals surface area contributed by atoms with Gasteiger partial charge in [0, 0.05) is 49.9 Å². The average Bonchev–Trinajstić information content (AvgIpc) is 3.32. The van der Waals surface area contributed by atoms with E-state index in [2.05, 4.69) is 14.9 Å². The van der Waals surface area contributed by atoms with Crippen molar-refractivity contribution in [1.29, 1.82) is 0 Å². The minimum Gasteiger partial charge on any atom is -0.378 e. The SMILES string of the molecule is Cn1cc(-c2cnc(N3CCOCC3)nc2)cc1C(=O)N1CCCO1. The highest BCUT2D eigenvalue weighted by molar-refractivity contribution is 5.93. The van der Waals surface area contributed by atoms with Gasteiger partial charge in [-0.25, -0.2) is 15.0 Å². The number of amides is 1. The van der Waals surface area contributed by atoms with E-state index in [1.807, 2.05) is 23.9 Å². The van der Waals surface area contributed by atoms with Crippen molar-refractivity contribution in [3.05, 3.63) is 30.4 Å². The largest absolute Gasteiger partial charge is 0.378 e. The van der Waals surface area contributed by atoms with Gasteiger partial charge in [0.2, 0.25) is 5.95 Å². The molecule has 1 amide bonds. The van der Waals surface area contributed by atoms with Crippen LogP contribution in [0.4, 0.5) is 5.95 Å². The summed E-state index contributed by atoms with van der Waals surface area (Å²) < 4.78 is 7.16. The number of hydrogen-bond acceptors (Lipinski definition) is 6. The summed E-state index contributed by atoms with van der Waals surface area (Å²) in [6.07, 6.45) is 6.39. The van der Waals surface area contributed by atoms with Crippen LogP contribution in [-0.2, 0) is 16.6 Å². The van der Waals surface area contributed by atoms with Gasteiger partial charge in [-0.2, -0.15) is 0 Å². The third-order valence-electron chi connectivity index (χ3n) is 4.47. The molecule has 0 N–H and O–H groups in total. The molecule has 8 heteroatoms. The van der Waals surface area contributed by atoms with Crippen LogP contribution >= 0.6 is 0 Å². The van der Waals surface area contributed by atoms with Gasteiger partial charge in [-0.05, 0) is 12.5 Å². The highest BCUT2D eigenvalue weighted by atomic mass is 16.7. The highest BCUT2D eigenvalue weighted by Gasteiger charge is 2.24. The first-order valence-corrected chi connectivity index (χ1v) is 8.48. The van der Waals surface area contributed by atoms with Gasteiger partial charge < -0.3 is 14.2 Å². The number of nitrogens with zero attached hydrogens (tertiary/aromatic N) is 5. The van der Waals surface area contributed by atoms with Crippen LogP contribution in [-0.4, -0.2) is 65.0 Å². The minimum absolute atomic E-state index is 0.114. The summed E-state index contributed by atoms with van der Waals surface area (Å²) in [4.78, 5) is 28.9. The van der Waals surface area contributed by atoms with Gasteiger partial charge in [-0.1, -0.05) is 0 Å². The molecule has 0 aliphatic carbocycles. The van der Waals surface area contributed by atoms with Crippen molar-refractivity contribution in [2.75, 3.05) is 44.4 Å². The highest BCUT2D eigenvalue weighted by Crippen LogP contribution is 2.23. The van der Waals surface area contributed by atoms with Crippen molar-refractivity contribution in [3.63, 3.8) is 0 Å². The van der Waals surface area contributed by atoms with Crippen LogP contribution in [0, 0.1) is 0 Å². The molecule has 0 unspecified atom stereocenters. The molecule has 0 bridgehead atoms. The number of hydroxylamine groups is 2. The Morgan fingerprint density at radius 2 is 1.84 bits per heavy atom. The van der Waals surface area contributed by atoms with Crippen molar-refractivity contribution in [2.45, 2.75) is 6.42 Å². The smallest absolute Gasteiger partial charge is 0.294 e. The quantitative estimate of drug-likeness (QED) is 0.831. The van der Waals surface area contributed by atoms with E-state index in [-0.39, 0.29) is 5.91 Å². The predicted octanol–water partition coefficient (Wildman–Crippen LogP) is 1.10. The van der Waals surface area contributed by atoms with E-state index in [1.54, 1.807) is 12.4 Å². The predicted molar refractivity (Wildman–Crippen MR) is 91.1 cm³/mol. The summed E-state index contributed by atoms with van der Waals surface area (Å²) >= 11 is 0. The molecule has 2 aromatic rings. The van der Waals surface area contributed by atoms with Crippen LogP contribution in [0.15, 0.2) is 24.7 Å². The zero-order valence-electron chi connectivity index (χ0n) is 14.2. The average molecular weight is 343 g/mol. The van der Waals surface area contributed by atoms with E-state index in [0.29, 0.717) is 38.0 Å². The Labute approximate surface area is 145 Å². The van der Waals surface area contributed by atoms with Crippen LogP contribution in [0.1, 0.15) is 16.9 Å². The molecule has 132 valence electrons. The van der Waals surface area contributed by atoms with Gasteiger partial charge in [-0.15, -0.1) is 0 Å². The van der Waals surface area contributed by atoms with Crippen LogP contribution in [0.3, 0.4) is 0 Å². The van der Waals surface area contributed by atoms with Gasteiger partial charge in [0.25, 0.3) is 5.91 Å². The van der Waals surface area contributed by atoms with Crippen molar-refractivity contribution in [2.24, 2.45) is 7.05 Å². The molecule has 2 fully saturated rings. The van der Waals surface area contributed by atoms with Crippen LogP contribution in [0.25, 0.3) is 11.1 Å². The van der Waals surface area contributed by atoms with Crippen LogP contribution < -0.4 is 4.90 Å². The molecule has 25 heavy (non-hydrogen) atoms. The maximum atomic E-state index is 12.5. The molecule has 8 nitrogen and oxygen atoms in total. The zero-order valence-corrected chi connectivity index (χ0v) is 14.2. The first-order valence-electron chi connectivity index (χ1n) is 8.48. The maximum absolute atomic E-state index is 12.5. The van der Waals surface area contributed by atoms with E-state index in [4.69, 9.17) is 9.57 Å². The number of carbonyl (C=O) groups is 1. The molecule has 4 heterocycles. The Hall–Kier alpha value is -2.45. The summed E-state index contributed by atoms with van der Waals surface area (Å²) in [7, 11) is 1.86. The van der Waals surface area contributed by atoms with Crippen molar-refractivity contribution < 1.29 is 14.4 Å². The minimum atomic E-state index is -0.114. The van der Waals surface area contributed by atoms with Crippen molar-refractivity contribution in [1.82, 2.24) is 19.6 Å². The fourth-order valence-corrected chi connectivity index (χ4v) is 3.07. The van der Waals surface area contributed by atoms with E-state index < -0.39 is 0 Å². The second-order valence-electron chi connectivity index (χ2n) is 6.19. The Morgan fingerprint density at radius 3 is 2.52 bits per heavy atom. The lowest BCUT2D eigenvalue weighted by molar-refractivity contribution is -0.0773. The second-order valence-corrected chi connectivity index (χ2v) is 6.19. The monoisotopic (exact) mass is 343 g/mol. The summed E-state index contributed by atoms with van der Waals surface area (Å²) in [6.45, 7) is 4.25. The van der Waals surface area contributed by atoms with Gasteiger partial charge in [0.1, 0.15) is 5.69 Å². The number of aryl methyl sites for hydroxylation is 1. The Morgan fingerprint density at radius 1 is 1.08 bits per heavy atom. The topological polar surface area (TPSA) is 72.7 Å². The summed E-state index contributed by atoms with van der Waals surface area (Å²) in [5.41, 5.74) is 2.39. The number of anilines is 1. The number of ether oxygens (including phenoxy) is 1. The zero-order chi connectivity index (χ0) is 17.2. The van der Waals surface area contributed by atoms with E-state index in [1.165, 1.54) is 5.06 Å². The number of aromatic nitrogens is 3. The Bertz CT molecular complexity index is 746. The third kappa shape index (κ3) is 3.22. The Balaban J connectivity index is 1.53. The third-order valence-corrected chi connectivity index (χ3v) is 4.47. The fraction of sp³-hybridized carbons (Fsp3) is 0.471. The number of rotatable bonds is 3. The normalized spacial score (nSPS) is 18.0. The van der Waals surface area contributed by atoms with E-state index in [9.17, 15) is 4.79 Å². The first-order chi connectivity index (χ1) is 12.2. The lowest BCUT2D eigenvalue weighted by atomic mass is 10.2. The van der Waals surface area contributed by atoms with Gasteiger partial charge in [-0.3, -0.25) is 9.63 Å². The summed E-state index contributed by atoms with van der Waals surface area (Å²) in [5.74, 6) is 0.599. The number of hydrogen-bond donors (Lipinski definition) is 0. The maximum Gasteiger partial charge on any atom is 0.294 e. The molecule has 2 aliphatic heterocycles. The molecule has 0 spiro atoms. The molecular formula is C17H21N5O3. The molecule has 4 rings (SSSR count). The summed E-state index contributed by atoms with van der Waals surface area (Å²) in [6, 6.07) is 1.86. The van der Waals surface area contributed by atoms with Crippen molar-refractivity contribution in [3.8, 4) is 11.1 Å². The number of morpholine rings is 1. The standard InChI is InChI=1S/C17H21N5O3/c1-20-12-13(9-15(20)16(23)22-3-2-6-25-22)14-10-18-17(19-11-14)21-4-7-24-8-5-21/h9-12H,2-8H2,1H3. The van der Waals surface area contributed by atoms with Crippen molar-refractivity contribution >= 4 is 11.9 Å². The molecule has 2 aliphatic rings. The molecule has 2 saturated heterocycles. The molecule has 2 aromatic heterocycles. The second kappa shape index (κ2) is 6.81.